The molecule has 1 aromatic rings. The molecule has 0 bridgehead atoms. The van der Waals surface area contributed by atoms with E-state index in [-0.39, 0.29) is 5.57 Å². The van der Waals surface area contributed by atoms with Crippen LogP contribution in [0.25, 0.3) is 0 Å². The van der Waals surface area contributed by atoms with Crippen molar-refractivity contribution in [1.29, 1.82) is 0 Å². The third kappa shape index (κ3) is 2.74. The Bertz CT molecular complexity index is 634. The van der Waals surface area contributed by atoms with E-state index in [0.29, 0.717) is 30.4 Å². The maximum Gasteiger partial charge on any atom is 0.419 e. The molecule has 0 saturated carbocycles. The molecule has 0 radical (unpaired) electrons. The minimum absolute atomic E-state index is 0.189. The van der Waals surface area contributed by atoms with Crippen LogP contribution in [0.15, 0.2) is 24.3 Å². The van der Waals surface area contributed by atoms with E-state index < -0.39 is 29.1 Å². The summed E-state index contributed by atoms with van der Waals surface area (Å²) in [4.78, 5) is 11.8. The zero-order chi connectivity index (χ0) is 16.7. The van der Waals surface area contributed by atoms with Crippen molar-refractivity contribution in [2.75, 3.05) is 0 Å². The summed E-state index contributed by atoms with van der Waals surface area (Å²) in [6.07, 6.45) is -3.76. The summed E-state index contributed by atoms with van der Waals surface area (Å²) >= 11 is 0. The molecule has 2 nitrogen and oxygen atoms in total. The summed E-state index contributed by atoms with van der Waals surface area (Å²) in [5, 5.41) is 0. The first-order valence-electron chi connectivity index (χ1n) is 6.89. The Balaban J connectivity index is 2.49. The Morgan fingerprint density at radius 1 is 1.41 bits per heavy atom. The Labute approximate surface area is 125 Å². The average Bonchev–Trinajstić information content (AvgIpc) is 2.75. The normalized spacial score (nSPS) is 20.6. The van der Waals surface area contributed by atoms with Crippen LogP contribution in [0.3, 0.4) is 0 Å². The lowest BCUT2D eigenvalue weighted by atomic mass is 9.91. The van der Waals surface area contributed by atoms with Gasteiger partial charge in [-0.05, 0) is 43.9 Å². The van der Waals surface area contributed by atoms with Gasteiger partial charge in [0, 0.05) is 11.1 Å². The molecule has 0 spiro atoms. The Kier molecular flexibility index (Phi) is 4.06. The highest BCUT2D eigenvalue weighted by Crippen LogP contribution is 2.45. The lowest BCUT2D eigenvalue weighted by Crippen LogP contribution is -2.30. The molecule has 0 heterocycles. The number of fused-ring (bicyclic) bond motifs is 1. The van der Waals surface area contributed by atoms with E-state index in [1.54, 1.807) is 6.92 Å². The zero-order valence-corrected chi connectivity index (χ0v) is 12.3. The van der Waals surface area contributed by atoms with Crippen molar-refractivity contribution in [3.05, 3.63) is 46.8 Å². The monoisotopic (exact) mass is 316 g/mol. The lowest BCUT2D eigenvalue weighted by molar-refractivity contribution is -0.156. The molecule has 22 heavy (non-hydrogen) atoms. The molecule has 6 heteroatoms. The van der Waals surface area contributed by atoms with E-state index >= 15 is 0 Å². The first kappa shape index (κ1) is 16.5. The first-order valence-corrected chi connectivity index (χ1v) is 6.89. The average molecular weight is 316 g/mol. The zero-order valence-electron chi connectivity index (χ0n) is 12.3. The van der Waals surface area contributed by atoms with E-state index in [0.717, 1.165) is 12.1 Å². The fraction of sp³-hybridized carbons (Fsp3) is 0.438. The second-order valence-electron chi connectivity index (χ2n) is 5.50. The molecule has 1 aliphatic carbocycles. The van der Waals surface area contributed by atoms with E-state index in [9.17, 15) is 22.4 Å². The van der Waals surface area contributed by atoms with Crippen LogP contribution in [0.5, 0.6) is 0 Å². The van der Waals surface area contributed by atoms with Crippen LogP contribution in [-0.2, 0) is 27.7 Å². The highest BCUT2D eigenvalue weighted by atomic mass is 19.4. The van der Waals surface area contributed by atoms with Gasteiger partial charge in [-0.1, -0.05) is 13.5 Å². The minimum Gasteiger partial charge on any atom is -0.451 e. The first-order chi connectivity index (χ1) is 10.1. The number of hydrogen-bond acceptors (Lipinski definition) is 2. The molecule has 1 aliphatic rings. The van der Waals surface area contributed by atoms with Crippen LogP contribution in [0, 0.1) is 5.82 Å². The van der Waals surface area contributed by atoms with Crippen molar-refractivity contribution in [1.82, 2.24) is 0 Å². The molecule has 0 aromatic heterocycles. The molecular weight excluding hydrogens is 300 g/mol. The maximum absolute atomic E-state index is 13.8. The summed E-state index contributed by atoms with van der Waals surface area (Å²) in [6, 6.07) is 1.66. The van der Waals surface area contributed by atoms with Gasteiger partial charge in [0.05, 0.1) is 5.56 Å². The highest BCUT2D eigenvalue weighted by Gasteiger charge is 2.44. The van der Waals surface area contributed by atoms with Gasteiger partial charge in [0.1, 0.15) is 11.4 Å². The van der Waals surface area contributed by atoms with E-state index in [2.05, 4.69) is 6.58 Å². The van der Waals surface area contributed by atoms with Crippen molar-refractivity contribution in [3.63, 3.8) is 0 Å². The summed E-state index contributed by atoms with van der Waals surface area (Å²) < 4.78 is 57.6. The van der Waals surface area contributed by atoms with E-state index in [1.807, 2.05) is 0 Å². The molecule has 0 aliphatic heterocycles. The predicted molar refractivity (Wildman–Crippen MR) is 72.6 cm³/mol. The number of aryl methyl sites for hydroxylation is 1. The van der Waals surface area contributed by atoms with Crippen LogP contribution >= 0.6 is 0 Å². The van der Waals surface area contributed by atoms with E-state index in [1.165, 1.54) is 6.92 Å². The number of ether oxygens (including phenoxy) is 1. The summed E-state index contributed by atoms with van der Waals surface area (Å²) in [6.45, 7) is 6.71. The lowest BCUT2D eigenvalue weighted by Gasteiger charge is -2.29. The van der Waals surface area contributed by atoms with Gasteiger partial charge in [-0.15, -0.1) is 0 Å². The second-order valence-corrected chi connectivity index (χ2v) is 5.50. The molecule has 2 rings (SSSR count). The molecule has 0 saturated heterocycles. The standard InChI is InChI=1S/C16H16F4O2/c1-4-15(22-14(21)9(2)3)6-5-10-7-12(16(18,19)20)13(17)8-11(10)15/h7-8H,2,4-6H2,1,3H3. The van der Waals surface area contributed by atoms with E-state index in [4.69, 9.17) is 4.74 Å². The van der Waals surface area contributed by atoms with Gasteiger partial charge in [0.2, 0.25) is 0 Å². The van der Waals surface area contributed by atoms with Gasteiger partial charge < -0.3 is 4.74 Å². The molecule has 1 unspecified atom stereocenters. The van der Waals surface area contributed by atoms with Gasteiger partial charge in [-0.2, -0.15) is 13.2 Å². The van der Waals surface area contributed by atoms with Crippen molar-refractivity contribution in [3.8, 4) is 0 Å². The fourth-order valence-electron chi connectivity index (χ4n) is 2.75. The number of alkyl halides is 3. The fourth-order valence-corrected chi connectivity index (χ4v) is 2.75. The number of benzene rings is 1. The van der Waals surface area contributed by atoms with Crippen molar-refractivity contribution < 1.29 is 27.1 Å². The molecule has 0 fully saturated rings. The van der Waals surface area contributed by atoms with Crippen LogP contribution in [0.1, 0.15) is 43.4 Å². The molecule has 0 amide bonds. The van der Waals surface area contributed by atoms with Crippen molar-refractivity contribution in [2.24, 2.45) is 0 Å². The van der Waals surface area contributed by atoms with Gasteiger partial charge >= 0.3 is 12.1 Å². The number of rotatable bonds is 3. The molecule has 120 valence electrons. The van der Waals surface area contributed by atoms with Gasteiger partial charge in [0.15, 0.2) is 0 Å². The van der Waals surface area contributed by atoms with Crippen molar-refractivity contribution >= 4 is 5.97 Å². The maximum atomic E-state index is 13.8. The Morgan fingerprint density at radius 2 is 2.05 bits per heavy atom. The van der Waals surface area contributed by atoms with Gasteiger partial charge in [-0.25, -0.2) is 9.18 Å². The smallest absolute Gasteiger partial charge is 0.419 e. The minimum atomic E-state index is -4.75. The van der Waals surface area contributed by atoms with Gasteiger partial charge in [-0.3, -0.25) is 0 Å². The summed E-state index contributed by atoms with van der Waals surface area (Å²) in [5.74, 6) is -1.98. The van der Waals surface area contributed by atoms with Crippen molar-refractivity contribution in [2.45, 2.75) is 44.9 Å². The van der Waals surface area contributed by atoms with Crippen LogP contribution in [0.4, 0.5) is 17.6 Å². The van der Waals surface area contributed by atoms with Gasteiger partial charge in [0.25, 0.3) is 0 Å². The van der Waals surface area contributed by atoms with Crippen LogP contribution in [-0.4, -0.2) is 5.97 Å². The SMILES string of the molecule is C=C(C)C(=O)OC1(CC)CCc2cc(C(F)(F)F)c(F)cc21. The largest absolute Gasteiger partial charge is 0.451 e. The topological polar surface area (TPSA) is 26.3 Å². The third-order valence-corrected chi connectivity index (χ3v) is 3.99. The van der Waals surface area contributed by atoms with Crippen LogP contribution < -0.4 is 0 Å². The number of carbonyl (C=O) groups is 1. The summed E-state index contributed by atoms with van der Waals surface area (Å²) in [5.41, 5.74) is -1.51. The number of hydrogen-bond donors (Lipinski definition) is 0. The number of carbonyl (C=O) groups excluding carboxylic acids is 1. The predicted octanol–water partition coefficient (Wildman–Crippen LogP) is 4.52. The second kappa shape index (κ2) is 5.41. The number of esters is 1. The highest BCUT2D eigenvalue weighted by molar-refractivity contribution is 5.87. The Morgan fingerprint density at radius 3 is 2.55 bits per heavy atom. The molecular formula is C16H16F4O2. The number of halogens is 4. The molecule has 0 N–H and O–H groups in total. The Hall–Kier alpha value is -1.85. The summed E-state index contributed by atoms with van der Waals surface area (Å²) in [7, 11) is 0. The molecule has 1 aromatic carbocycles. The third-order valence-electron chi connectivity index (χ3n) is 3.99. The van der Waals surface area contributed by atoms with Crippen LogP contribution in [0.2, 0.25) is 0 Å². The molecule has 1 atom stereocenters. The quantitative estimate of drug-likeness (QED) is 0.466.